The average molecular weight is 222 g/mol. The van der Waals surface area contributed by atoms with Crippen LogP contribution >= 0.6 is 0 Å². The van der Waals surface area contributed by atoms with E-state index in [1.165, 1.54) is 12.1 Å². The lowest BCUT2D eigenvalue weighted by Gasteiger charge is -2.25. The molecular formula is C12H18N2O2. The topological polar surface area (TPSA) is 66.6 Å². The van der Waals surface area contributed by atoms with E-state index >= 15 is 0 Å². The number of benzene rings is 1. The molecule has 1 amide bonds. The van der Waals surface area contributed by atoms with E-state index in [2.05, 4.69) is 0 Å². The molecule has 0 fully saturated rings. The van der Waals surface area contributed by atoms with Gasteiger partial charge in [-0.3, -0.25) is 4.79 Å². The third kappa shape index (κ3) is 2.45. The zero-order valence-corrected chi connectivity index (χ0v) is 9.90. The fourth-order valence-corrected chi connectivity index (χ4v) is 1.59. The minimum absolute atomic E-state index is 0.0503. The molecule has 0 unspecified atom stereocenters. The first-order valence-electron chi connectivity index (χ1n) is 5.36. The van der Waals surface area contributed by atoms with Gasteiger partial charge in [0.05, 0.1) is 5.69 Å². The van der Waals surface area contributed by atoms with Crippen molar-refractivity contribution in [3.8, 4) is 5.75 Å². The number of nitrogens with two attached hydrogens (primary N) is 1. The number of nitrogens with zero attached hydrogens (tertiary/aromatic N) is 1. The summed E-state index contributed by atoms with van der Waals surface area (Å²) in [5.74, 6) is -0.140. The number of hydrogen-bond acceptors (Lipinski definition) is 3. The lowest BCUT2D eigenvalue weighted by molar-refractivity contribution is 0.0716. The molecule has 1 aromatic carbocycles. The summed E-state index contributed by atoms with van der Waals surface area (Å²) < 4.78 is 0. The van der Waals surface area contributed by atoms with Crippen molar-refractivity contribution in [2.45, 2.75) is 26.8 Å². The van der Waals surface area contributed by atoms with E-state index in [0.717, 1.165) is 0 Å². The summed E-state index contributed by atoms with van der Waals surface area (Å²) in [5, 5.41) is 9.45. The molecule has 4 nitrogen and oxygen atoms in total. The molecule has 0 aliphatic rings. The Hall–Kier alpha value is -1.71. The van der Waals surface area contributed by atoms with Gasteiger partial charge in [0.25, 0.3) is 5.91 Å². The van der Waals surface area contributed by atoms with Crippen molar-refractivity contribution in [2.75, 3.05) is 12.3 Å². The number of phenolic OH excluding ortho intramolecular Hbond substituents is 1. The van der Waals surface area contributed by atoms with E-state index in [1.807, 2.05) is 20.8 Å². The van der Waals surface area contributed by atoms with Gasteiger partial charge < -0.3 is 15.7 Å². The van der Waals surface area contributed by atoms with Gasteiger partial charge in [0.15, 0.2) is 0 Å². The number of aromatic hydroxyl groups is 1. The summed E-state index contributed by atoms with van der Waals surface area (Å²) in [6.45, 7) is 6.48. The molecule has 0 aromatic heterocycles. The van der Waals surface area contributed by atoms with E-state index in [9.17, 15) is 9.90 Å². The van der Waals surface area contributed by atoms with Crippen LogP contribution in [0.15, 0.2) is 18.2 Å². The first-order valence-corrected chi connectivity index (χ1v) is 5.36. The molecule has 0 saturated heterocycles. The van der Waals surface area contributed by atoms with E-state index in [0.29, 0.717) is 12.1 Å². The minimum atomic E-state index is -0.0900. The van der Waals surface area contributed by atoms with Crippen LogP contribution in [0, 0.1) is 0 Å². The van der Waals surface area contributed by atoms with Crippen molar-refractivity contribution in [1.82, 2.24) is 4.90 Å². The lowest BCUT2D eigenvalue weighted by atomic mass is 10.1. The maximum atomic E-state index is 12.1. The molecule has 1 aromatic rings. The molecule has 0 atom stereocenters. The van der Waals surface area contributed by atoms with Gasteiger partial charge in [0.1, 0.15) is 5.75 Å². The summed E-state index contributed by atoms with van der Waals surface area (Å²) in [6.07, 6.45) is 0. The van der Waals surface area contributed by atoms with Crippen LogP contribution in [-0.4, -0.2) is 28.5 Å². The molecule has 0 aliphatic heterocycles. The summed E-state index contributed by atoms with van der Waals surface area (Å²) in [7, 11) is 0. The van der Waals surface area contributed by atoms with Crippen molar-refractivity contribution < 1.29 is 9.90 Å². The Balaban J connectivity index is 2.99. The average Bonchev–Trinajstić information content (AvgIpc) is 2.22. The molecule has 88 valence electrons. The number of rotatable bonds is 3. The van der Waals surface area contributed by atoms with Crippen LogP contribution in [0.4, 0.5) is 5.69 Å². The highest BCUT2D eigenvalue weighted by Crippen LogP contribution is 2.21. The highest BCUT2D eigenvalue weighted by Gasteiger charge is 2.17. The van der Waals surface area contributed by atoms with Crippen LogP contribution in [0.25, 0.3) is 0 Å². The second kappa shape index (κ2) is 4.88. The van der Waals surface area contributed by atoms with Gasteiger partial charge in [-0.05, 0) is 39.0 Å². The Bertz CT molecular complexity index is 389. The maximum Gasteiger partial charge on any atom is 0.254 e. The summed E-state index contributed by atoms with van der Waals surface area (Å²) in [6, 6.07) is 4.71. The molecule has 0 spiro atoms. The minimum Gasteiger partial charge on any atom is -0.506 e. The van der Waals surface area contributed by atoms with Gasteiger partial charge in [-0.2, -0.15) is 0 Å². The number of nitrogen functional groups attached to an aromatic ring is 1. The second-order valence-electron chi connectivity index (χ2n) is 3.96. The molecule has 0 bridgehead atoms. The number of phenols is 1. The van der Waals surface area contributed by atoms with Crippen LogP contribution in [0.1, 0.15) is 31.1 Å². The second-order valence-corrected chi connectivity index (χ2v) is 3.96. The quantitative estimate of drug-likeness (QED) is 0.605. The third-order valence-corrected chi connectivity index (χ3v) is 2.50. The SMILES string of the molecule is CCN(C(=O)c1ccc(N)c(O)c1)C(C)C. The predicted octanol–water partition coefficient (Wildman–Crippen LogP) is 1.84. The predicted molar refractivity (Wildman–Crippen MR) is 64.4 cm³/mol. The van der Waals surface area contributed by atoms with Gasteiger partial charge in [-0.15, -0.1) is 0 Å². The highest BCUT2D eigenvalue weighted by molar-refractivity contribution is 5.95. The van der Waals surface area contributed by atoms with Gasteiger partial charge >= 0.3 is 0 Å². The monoisotopic (exact) mass is 222 g/mol. The van der Waals surface area contributed by atoms with Crippen LogP contribution in [0.2, 0.25) is 0 Å². The molecule has 0 saturated carbocycles. The van der Waals surface area contributed by atoms with Gasteiger partial charge in [0.2, 0.25) is 0 Å². The number of carbonyl (C=O) groups excluding carboxylic acids is 1. The Morgan fingerprint density at radius 2 is 2.12 bits per heavy atom. The molecule has 0 radical (unpaired) electrons. The number of amides is 1. The van der Waals surface area contributed by atoms with Crippen LogP contribution in [0.3, 0.4) is 0 Å². The summed E-state index contributed by atoms with van der Waals surface area (Å²) in [4.78, 5) is 13.8. The van der Waals surface area contributed by atoms with Crippen molar-refractivity contribution in [2.24, 2.45) is 0 Å². The molecule has 0 heterocycles. The summed E-state index contributed by atoms with van der Waals surface area (Å²) in [5.41, 5.74) is 6.22. The largest absolute Gasteiger partial charge is 0.506 e. The molecule has 1 rings (SSSR count). The molecule has 0 aliphatic carbocycles. The van der Waals surface area contributed by atoms with Crippen LogP contribution in [0.5, 0.6) is 5.75 Å². The number of hydrogen-bond donors (Lipinski definition) is 2. The van der Waals surface area contributed by atoms with Gasteiger partial charge in [0, 0.05) is 18.2 Å². The first kappa shape index (κ1) is 12.4. The highest BCUT2D eigenvalue weighted by atomic mass is 16.3. The zero-order chi connectivity index (χ0) is 12.3. The first-order chi connectivity index (χ1) is 7.47. The number of anilines is 1. The molecule has 3 N–H and O–H groups in total. The van der Waals surface area contributed by atoms with Gasteiger partial charge in [-0.25, -0.2) is 0 Å². The molecule has 4 heteroatoms. The molecular weight excluding hydrogens is 204 g/mol. The molecule has 16 heavy (non-hydrogen) atoms. The Morgan fingerprint density at radius 3 is 2.56 bits per heavy atom. The van der Waals surface area contributed by atoms with Crippen LogP contribution < -0.4 is 5.73 Å². The van der Waals surface area contributed by atoms with Crippen molar-refractivity contribution in [1.29, 1.82) is 0 Å². The zero-order valence-electron chi connectivity index (χ0n) is 9.90. The lowest BCUT2D eigenvalue weighted by Crippen LogP contribution is -2.36. The number of carbonyl (C=O) groups is 1. The van der Waals surface area contributed by atoms with E-state index in [-0.39, 0.29) is 23.4 Å². The third-order valence-electron chi connectivity index (χ3n) is 2.50. The fourth-order valence-electron chi connectivity index (χ4n) is 1.59. The van der Waals surface area contributed by atoms with Gasteiger partial charge in [-0.1, -0.05) is 0 Å². The summed E-state index contributed by atoms with van der Waals surface area (Å²) >= 11 is 0. The smallest absolute Gasteiger partial charge is 0.254 e. The Kier molecular flexibility index (Phi) is 3.77. The normalized spacial score (nSPS) is 10.5. The maximum absolute atomic E-state index is 12.1. The van der Waals surface area contributed by atoms with E-state index in [1.54, 1.807) is 11.0 Å². The van der Waals surface area contributed by atoms with E-state index < -0.39 is 0 Å². The Labute approximate surface area is 95.7 Å². The van der Waals surface area contributed by atoms with Crippen LogP contribution in [-0.2, 0) is 0 Å². The van der Waals surface area contributed by atoms with Crippen molar-refractivity contribution >= 4 is 11.6 Å². The van der Waals surface area contributed by atoms with Crippen molar-refractivity contribution in [3.05, 3.63) is 23.8 Å². The van der Waals surface area contributed by atoms with E-state index in [4.69, 9.17) is 5.73 Å². The fraction of sp³-hybridized carbons (Fsp3) is 0.417. The standard InChI is InChI=1S/C12H18N2O2/c1-4-14(8(2)3)12(16)9-5-6-10(13)11(15)7-9/h5-8,15H,4,13H2,1-3H3. The Morgan fingerprint density at radius 1 is 1.50 bits per heavy atom. The van der Waals surface area contributed by atoms with Crippen molar-refractivity contribution in [3.63, 3.8) is 0 Å².